The normalized spacial score (nSPS) is 36.8. The van der Waals surface area contributed by atoms with Crippen molar-refractivity contribution < 1.29 is 14.3 Å². The van der Waals surface area contributed by atoms with E-state index in [0.29, 0.717) is 12.0 Å². The zero-order valence-electron chi connectivity index (χ0n) is 12.4. The molecule has 0 aromatic heterocycles. The molecular weight excluding hydrogens is 332 g/mol. The third kappa shape index (κ3) is 1.84. The van der Waals surface area contributed by atoms with Crippen LogP contribution in [0.5, 0.6) is 0 Å². The number of carbonyl (C=O) groups excluding carboxylic acids is 2. The SMILES string of the molecule is CC1(C)[C@@H]2CC(=O)[C@@]1(C)[C@@H](OC(=O)c1ccccc1)[C@H]2Br. The van der Waals surface area contributed by atoms with E-state index in [1.54, 1.807) is 24.3 Å². The van der Waals surface area contributed by atoms with Crippen molar-refractivity contribution in [2.75, 3.05) is 0 Å². The van der Waals surface area contributed by atoms with Crippen molar-refractivity contribution in [3.8, 4) is 0 Å². The van der Waals surface area contributed by atoms with E-state index in [0.717, 1.165) is 0 Å². The fraction of sp³-hybridized carbons (Fsp3) is 0.529. The van der Waals surface area contributed by atoms with E-state index in [-0.39, 0.29) is 27.9 Å². The molecule has 0 amide bonds. The maximum Gasteiger partial charge on any atom is 0.338 e. The molecule has 1 aromatic rings. The second kappa shape index (κ2) is 4.67. The minimum Gasteiger partial charge on any atom is -0.456 e. The van der Waals surface area contributed by atoms with Gasteiger partial charge in [0.05, 0.1) is 15.8 Å². The van der Waals surface area contributed by atoms with Crippen LogP contribution in [0.1, 0.15) is 37.6 Å². The van der Waals surface area contributed by atoms with E-state index in [9.17, 15) is 9.59 Å². The first kappa shape index (κ1) is 14.8. The highest BCUT2D eigenvalue weighted by molar-refractivity contribution is 9.09. The zero-order chi connectivity index (χ0) is 15.4. The molecule has 0 aliphatic heterocycles. The summed E-state index contributed by atoms with van der Waals surface area (Å²) < 4.78 is 5.75. The van der Waals surface area contributed by atoms with E-state index in [4.69, 9.17) is 4.74 Å². The first-order chi connectivity index (χ1) is 9.80. The average Bonchev–Trinajstić information content (AvgIpc) is 2.72. The topological polar surface area (TPSA) is 43.4 Å². The van der Waals surface area contributed by atoms with Crippen molar-refractivity contribution in [2.24, 2.45) is 16.7 Å². The van der Waals surface area contributed by atoms with Crippen molar-refractivity contribution in [1.82, 2.24) is 0 Å². The molecule has 21 heavy (non-hydrogen) atoms. The quantitative estimate of drug-likeness (QED) is 0.604. The Labute approximate surface area is 133 Å². The Kier molecular flexibility index (Phi) is 3.28. The Morgan fingerprint density at radius 1 is 1.24 bits per heavy atom. The fourth-order valence-electron chi connectivity index (χ4n) is 3.92. The highest BCUT2D eigenvalue weighted by Gasteiger charge is 2.71. The number of halogens is 1. The number of fused-ring (bicyclic) bond motifs is 2. The summed E-state index contributed by atoms with van der Waals surface area (Å²) >= 11 is 3.67. The van der Waals surface area contributed by atoms with Crippen molar-refractivity contribution in [1.29, 1.82) is 0 Å². The minimum atomic E-state index is -0.615. The lowest BCUT2D eigenvalue weighted by atomic mass is 9.69. The van der Waals surface area contributed by atoms with Gasteiger partial charge in [-0.2, -0.15) is 0 Å². The van der Waals surface area contributed by atoms with E-state index in [1.165, 1.54) is 0 Å². The number of alkyl halides is 1. The summed E-state index contributed by atoms with van der Waals surface area (Å²) in [5.74, 6) is 0.0602. The summed E-state index contributed by atoms with van der Waals surface area (Å²) in [5.41, 5.74) is -0.260. The van der Waals surface area contributed by atoms with Crippen LogP contribution in [-0.4, -0.2) is 22.7 Å². The summed E-state index contributed by atoms with van der Waals surface area (Å²) in [6.07, 6.45) is 0.158. The van der Waals surface area contributed by atoms with Crippen LogP contribution in [0, 0.1) is 16.7 Å². The highest BCUT2D eigenvalue weighted by atomic mass is 79.9. The lowest BCUT2D eigenvalue weighted by molar-refractivity contribution is -0.135. The molecule has 0 unspecified atom stereocenters. The van der Waals surface area contributed by atoms with Crippen LogP contribution < -0.4 is 0 Å². The Morgan fingerprint density at radius 2 is 1.86 bits per heavy atom. The maximum absolute atomic E-state index is 12.4. The van der Waals surface area contributed by atoms with Crippen molar-refractivity contribution in [3.63, 3.8) is 0 Å². The number of carbonyl (C=O) groups is 2. The number of Topliss-reactive ketones (excluding diaryl/α,β-unsaturated/α-hetero) is 1. The molecule has 2 aliphatic carbocycles. The summed E-state index contributed by atoms with van der Waals surface area (Å²) in [6, 6.07) is 8.93. The minimum absolute atomic E-state index is 0.0304. The van der Waals surface area contributed by atoms with Crippen LogP contribution in [0.2, 0.25) is 0 Å². The van der Waals surface area contributed by atoms with Crippen LogP contribution in [-0.2, 0) is 9.53 Å². The monoisotopic (exact) mass is 350 g/mol. The molecule has 2 bridgehead atoms. The molecule has 1 aromatic carbocycles. The predicted molar refractivity (Wildman–Crippen MR) is 83.4 cm³/mol. The molecule has 3 nitrogen and oxygen atoms in total. The molecule has 4 heteroatoms. The fourth-order valence-corrected chi connectivity index (χ4v) is 5.40. The Morgan fingerprint density at radius 3 is 2.43 bits per heavy atom. The Balaban J connectivity index is 1.90. The molecule has 3 rings (SSSR count). The molecule has 2 aliphatic rings. The van der Waals surface area contributed by atoms with Crippen molar-refractivity contribution in [3.05, 3.63) is 35.9 Å². The van der Waals surface area contributed by atoms with Crippen LogP contribution >= 0.6 is 15.9 Å². The van der Waals surface area contributed by atoms with Gasteiger partial charge in [-0.05, 0) is 30.4 Å². The van der Waals surface area contributed by atoms with E-state index in [1.807, 2.05) is 13.0 Å². The first-order valence-electron chi connectivity index (χ1n) is 7.23. The van der Waals surface area contributed by atoms with E-state index < -0.39 is 11.5 Å². The van der Waals surface area contributed by atoms with Crippen LogP contribution in [0.4, 0.5) is 0 Å². The first-order valence-corrected chi connectivity index (χ1v) is 8.15. The zero-order valence-corrected chi connectivity index (χ0v) is 14.0. The second-order valence-corrected chi connectivity index (χ2v) is 7.85. The average molecular weight is 351 g/mol. The van der Waals surface area contributed by atoms with Gasteiger partial charge in [-0.25, -0.2) is 4.79 Å². The van der Waals surface area contributed by atoms with Gasteiger partial charge in [0, 0.05) is 6.42 Å². The number of ether oxygens (including phenoxy) is 1. The third-order valence-corrected chi connectivity index (χ3v) is 6.85. The van der Waals surface area contributed by atoms with Crippen LogP contribution in [0.15, 0.2) is 30.3 Å². The van der Waals surface area contributed by atoms with Crippen molar-refractivity contribution >= 4 is 27.7 Å². The van der Waals surface area contributed by atoms with Crippen molar-refractivity contribution in [2.45, 2.75) is 38.1 Å². The molecule has 0 N–H and O–H groups in total. The number of ketones is 1. The Hall–Kier alpha value is -1.16. The van der Waals surface area contributed by atoms with Gasteiger partial charge < -0.3 is 4.74 Å². The molecular formula is C17H19BrO3. The molecule has 0 radical (unpaired) electrons. The maximum atomic E-state index is 12.4. The molecule has 2 saturated carbocycles. The summed E-state index contributed by atoms with van der Waals surface area (Å²) in [5, 5.41) is 0. The van der Waals surface area contributed by atoms with Gasteiger partial charge >= 0.3 is 5.97 Å². The Bertz CT molecular complexity index is 595. The number of rotatable bonds is 2. The molecule has 0 heterocycles. The summed E-state index contributed by atoms with van der Waals surface area (Å²) in [7, 11) is 0. The lowest BCUT2D eigenvalue weighted by Crippen LogP contribution is -2.46. The van der Waals surface area contributed by atoms with Gasteiger partial charge in [0.25, 0.3) is 0 Å². The standard InChI is InChI=1S/C17H19BrO3/c1-16(2)11-9-12(19)17(16,3)14(13(11)18)21-15(20)10-7-5-4-6-8-10/h4-8,11,13-14H,9H2,1-3H3/t11-,13+,14+,17+/m1/s1. The number of hydrogen-bond acceptors (Lipinski definition) is 3. The van der Waals surface area contributed by atoms with Gasteiger partial charge in [-0.15, -0.1) is 0 Å². The molecule has 0 spiro atoms. The summed E-state index contributed by atoms with van der Waals surface area (Å²) in [6.45, 7) is 6.15. The molecule has 2 fully saturated rings. The van der Waals surface area contributed by atoms with Crippen LogP contribution in [0.25, 0.3) is 0 Å². The smallest absolute Gasteiger partial charge is 0.338 e. The van der Waals surface area contributed by atoms with Gasteiger partial charge in [0.2, 0.25) is 0 Å². The highest BCUT2D eigenvalue weighted by Crippen LogP contribution is 2.66. The number of benzene rings is 1. The lowest BCUT2D eigenvalue weighted by Gasteiger charge is -2.37. The molecule has 0 saturated heterocycles. The second-order valence-electron chi connectivity index (χ2n) is 6.79. The van der Waals surface area contributed by atoms with Gasteiger partial charge in [0.15, 0.2) is 0 Å². The summed E-state index contributed by atoms with van der Waals surface area (Å²) in [4.78, 5) is 24.8. The van der Waals surface area contributed by atoms with Gasteiger partial charge in [-0.3, -0.25) is 4.79 Å². The molecule has 112 valence electrons. The van der Waals surface area contributed by atoms with Gasteiger partial charge in [0.1, 0.15) is 11.9 Å². The largest absolute Gasteiger partial charge is 0.456 e. The van der Waals surface area contributed by atoms with E-state index in [2.05, 4.69) is 29.8 Å². The van der Waals surface area contributed by atoms with Gasteiger partial charge in [-0.1, -0.05) is 48.0 Å². The van der Waals surface area contributed by atoms with Crippen LogP contribution in [0.3, 0.4) is 0 Å². The molecule has 4 atom stereocenters. The number of esters is 1. The number of hydrogen-bond donors (Lipinski definition) is 0. The van der Waals surface area contributed by atoms with E-state index >= 15 is 0 Å². The predicted octanol–water partition coefficient (Wildman–Crippen LogP) is 3.61. The third-order valence-electron chi connectivity index (χ3n) is 5.74.